The Balaban J connectivity index is 1.53. The van der Waals surface area contributed by atoms with Gasteiger partial charge in [0.1, 0.15) is 18.0 Å². The van der Waals surface area contributed by atoms with E-state index in [2.05, 4.69) is 15.3 Å². The van der Waals surface area contributed by atoms with Gasteiger partial charge < -0.3 is 14.3 Å². The molecule has 0 aliphatic rings. The van der Waals surface area contributed by atoms with Crippen LogP contribution in [0.3, 0.4) is 0 Å². The summed E-state index contributed by atoms with van der Waals surface area (Å²) >= 11 is 0. The van der Waals surface area contributed by atoms with Crippen LogP contribution in [0.4, 0.5) is 0 Å². The molecule has 2 aromatic heterocycles. The lowest BCUT2D eigenvalue weighted by Gasteiger charge is -2.33. The molecule has 4 aromatic rings. The van der Waals surface area contributed by atoms with Gasteiger partial charge in [-0.25, -0.2) is 14.6 Å². The van der Waals surface area contributed by atoms with E-state index in [0.29, 0.717) is 37.1 Å². The number of nitrogens with zero attached hydrogens (tertiary/aromatic N) is 2. The third-order valence-electron chi connectivity index (χ3n) is 6.67. The molecule has 8 nitrogen and oxygen atoms in total. The summed E-state index contributed by atoms with van der Waals surface area (Å²) in [6.45, 7) is 0.915. The molecule has 0 radical (unpaired) electrons. The van der Waals surface area contributed by atoms with E-state index in [1.165, 1.54) is 12.5 Å². The summed E-state index contributed by atoms with van der Waals surface area (Å²) in [7, 11) is 0. The number of allylic oxidation sites excluding steroid dienone is 1. The first kappa shape index (κ1) is 29.2. The monoisotopic (exact) mass is 551 g/mol. The van der Waals surface area contributed by atoms with Crippen LogP contribution < -0.4 is 10.1 Å². The topological polar surface area (TPSA) is 115 Å². The Morgan fingerprint density at radius 3 is 2.59 bits per heavy atom. The van der Waals surface area contributed by atoms with Crippen molar-refractivity contribution in [2.45, 2.75) is 37.6 Å². The van der Waals surface area contributed by atoms with Crippen molar-refractivity contribution < 1.29 is 23.8 Å². The highest BCUT2D eigenvalue weighted by atomic mass is 16.5. The summed E-state index contributed by atoms with van der Waals surface area (Å²) in [5.74, 6) is 1.87. The summed E-state index contributed by atoms with van der Waals surface area (Å²) < 4.78 is 11.3. The van der Waals surface area contributed by atoms with Crippen LogP contribution in [0.15, 0.2) is 108 Å². The van der Waals surface area contributed by atoms with Gasteiger partial charge in [0.15, 0.2) is 5.54 Å². The van der Waals surface area contributed by atoms with Crippen LogP contribution in [0.25, 0.3) is 17.5 Å². The number of rotatable bonds is 16. The van der Waals surface area contributed by atoms with Crippen molar-refractivity contribution in [3.63, 3.8) is 0 Å². The third-order valence-corrected chi connectivity index (χ3v) is 6.67. The number of aliphatic carboxylic acids is 1. The average molecular weight is 552 g/mol. The van der Waals surface area contributed by atoms with E-state index < -0.39 is 11.5 Å². The van der Waals surface area contributed by atoms with Gasteiger partial charge in [-0.15, -0.1) is 0 Å². The lowest BCUT2D eigenvalue weighted by Crippen LogP contribution is -2.51. The van der Waals surface area contributed by atoms with Crippen LogP contribution in [0.1, 0.15) is 43.2 Å². The number of carboxylic acids is 1. The number of unbranched alkanes of at least 4 members (excludes halogenated alkanes) is 2. The van der Waals surface area contributed by atoms with Crippen LogP contribution in [-0.2, 0) is 15.1 Å². The van der Waals surface area contributed by atoms with E-state index in [9.17, 15) is 14.7 Å². The van der Waals surface area contributed by atoms with Crippen molar-refractivity contribution in [2.75, 3.05) is 13.2 Å². The molecule has 2 heterocycles. The molecule has 1 unspecified atom stereocenters. The molecular weight excluding hydrogens is 518 g/mol. The number of carbonyl (C=O) groups is 1. The molecule has 0 amide bonds. The summed E-state index contributed by atoms with van der Waals surface area (Å²) in [5.41, 5.74) is 0.0407. The number of para-hydroxylation sites is 1. The SMILES string of the molecule is O=C=C(CCC=Cc1cccnc1)C(NCCCCCOc1ccccc1)(C(=O)O)c1ccccc1-c1ncco1. The number of nitrogens with one attached hydrogen (secondary N) is 1. The van der Waals surface area contributed by atoms with Crippen LogP contribution in [0.5, 0.6) is 5.75 Å². The second kappa shape index (κ2) is 15.1. The molecular formula is C33H33N3O5. The summed E-state index contributed by atoms with van der Waals surface area (Å²) in [5, 5.41) is 14.0. The zero-order valence-electron chi connectivity index (χ0n) is 22.7. The molecule has 2 aromatic carbocycles. The molecule has 0 fully saturated rings. The lowest BCUT2D eigenvalue weighted by molar-refractivity contribution is -0.143. The van der Waals surface area contributed by atoms with Crippen LogP contribution in [-0.4, -0.2) is 40.1 Å². The molecule has 0 bridgehead atoms. The minimum atomic E-state index is -1.82. The highest BCUT2D eigenvalue weighted by molar-refractivity contribution is 5.91. The number of aromatic nitrogens is 2. The fraction of sp³-hybridized carbons (Fsp3) is 0.242. The molecule has 41 heavy (non-hydrogen) atoms. The molecule has 8 heteroatoms. The fourth-order valence-electron chi connectivity index (χ4n) is 4.66. The number of carboxylic acid groups (broad SMARTS) is 1. The van der Waals surface area contributed by atoms with Gasteiger partial charge in [-0.1, -0.05) is 54.6 Å². The average Bonchev–Trinajstić information content (AvgIpc) is 3.55. The molecule has 4 rings (SSSR count). The Labute approximate surface area is 239 Å². The van der Waals surface area contributed by atoms with E-state index >= 15 is 0 Å². The third kappa shape index (κ3) is 7.66. The van der Waals surface area contributed by atoms with E-state index in [-0.39, 0.29) is 17.9 Å². The first-order chi connectivity index (χ1) is 20.1. The number of benzene rings is 2. The number of oxazole rings is 1. The summed E-state index contributed by atoms with van der Waals surface area (Å²) in [6.07, 6.45) is 13.1. The maximum atomic E-state index is 13.2. The number of pyridine rings is 1. The van der Waals surface area contributed by atoms with Crippen molar-refractivity contribution >= 4 is 18.0 Å². The first-order valence-electron chi connectivity index (χ1n) is 13.6. The van der Waals surface area contributed by atoms with Crippen molar-refractivity contribution in [3.05, 3.63) is 114 Å². The minimum absolute atomic E-state index is 0.0900. The molecule has 2 N–H and O–H groups in total. The largest absolute Gasteiger partial charge is 0.494 e. The molecule has 0 saturated heterocycles. The Morgan fingerprint density at radius 1 is 1.02 bits per heavy atom. The second-order valence-corrected chi connectivity index (χ2v) is 9.39. The minimum Gasteiger partial charge on any atom is -0.494 e. The van der Waals surface area contributed by atoms with Gasteiger partial charge in [0.25, 0.3) is 0 Å². The lowest BCUT2D eigenvalue weighted by atomic mass is 9.78. The van der Waals surface area contributed by atoms with E-state index in [4.69, 9.17) is 9.15 Å². The fourth-order valence-corrected chi connectivity index (χ4v) is 4.66. The van der Waals surface area contributed by atoms with Crippen LogP contribution >= 0.6 is 0 Å². The van der Waals surface area contributed by atoms with Gasteiger partial charge in [0.05, 0.1) is 12.8 Å². The second-order valence-electron chi connectivity index (χ2n) is 9.39. The Hall–Kier alpha value is -4.78. The van der Waals surface area contributed by atoms with E-state index in [0.717, 1.165) is 24.2 Å². The van der Waals surface area contributed by atoms with Gasteiger partial charge >= 0.3 is 5.97 Å². The summed E-state index contributed by atoms with van der Waals surface area (Å²) in [6, 6.07) is 20.3. The maximum absolute atomic E-state index is 13.2. The number of ether oxygens (including phenoxy) is 1. The van der Waals surface area contributed by atoms with Crippen LogP contribution in [0, 0.1) is 0 Å². The first-order valence-corrected chi connectivity index (χ1v) is 13.6. The van der Waals surface area contributed by atoms with Crippen molar-refractivity contribution in [1.82, 2.24) is 15.3 Å². The predicted octanol–water partition coefficient (Wildman–Crippen LogP) is 6.11. The number of hydrogen-bond acceptors (Lipinski definition) is 7. The van der Waals surface area contributed by atoms with Gasteiger partial charge in [0, 0.05) is 29.1 Å². The predicted molar refractivity (Wildman–Crippen MR) is 157 cm³/mol. The molecule has 210 valence electrons. The number of carbonyl (C=O) groups excluding carboxylic acids is 1. The zero-order valence-corrected chi connectivity index (χ0v) is 22.7. The van der Waals surface area contributed by atoms with E-state index in [1.807, 2.05) is 60.6 Å². The highest BCUT2D eigenvalue weighted by Gasteiger charge is 2.46. The molecule has 0 saturated carbocycles. The maximum Gasteiger partial charge on any atom is 0.333 e. The summed E-state index contributed by atoms with van der Waals surface area (Å²) in [4.78, 5) is 33.9. The van der Waals surface area contributed by atoms with Crippen molar-refractivity contribution in [2.24, 2.45) is 0 Å². The van der Waals surface area contributed by atoms with Crippen molar-refractivity contribution in [3.8, 4) is 17.2 Å². The Morgan fingerprint density at radius 2 is 1.85 bits per heavy atom. The molecule has 1 atom stereocenters. The highest BCUT2D eigenvalue weighted by Crippen LogP contribution is 2.38. The van der Waals surface area contributed by atoms with Gasteiger partial charge in [-0.05, 0) is 68.5 Å². The molecule has 0 aliphatic carbocycles. The van der Waals surface area contributed by atoms with Gasteiger partial charge in [-0.2, -0.15) is 0 Å². The zero-order chi connectivity index (χ0) is 28.8. The normalized spacial score (nSPS) is 12.5. The van der Waals surface area contributed by atoms with Gasteiger partial charge in [0.2, 0.25) is 5.89 Å². The smallest absolute Gasteiger partial charge is 0.333 e. The van der Waals surface area contributed by atoms with Gasteiger partial charge in [-0.3, -0.25) is 10.3 Å². The molecule has 0 spiro atoms. The van der Waals surface area contributed by atoms with E-state index in [1.54, 1.807) is 36.7 Å². The quantitative estimate of drug-likeness (QED) is 0.127. The Kier molecular flexibility index (Phi) is 10.8. The Bertz CT molecular complexity index is 1450. The molecule has 0 aliphatic heterocycles. The van der Waals surface area contributed by atoms with Crippen LogP contribution in [0.2, 0.25) is 0 Å². The standard InChI is InChI=1S/C33H33N3O5/c37-25-27(14-6-5-12-26-13-11-19-34-24-26)33(32(38)39,30-18-8-7-17-29(30)31-35-21-23-41-31)36-20-9-2-10-22-40-28-15-3-1-4-16-28/h1,3-5,7-8,11-13,15-19,21,23-24,36H,2,6,9-10,14,20,22H2,(H,38,39). The van der Waals surface area contributed by atoms with Crippen molar-refractivity contribution in [1.29, 1.82) is 0 Å². The number of hydrogen-bond donors (Lipinski definition) is 2.